The van der Waals surface area contributed by atoms with Gasteiger partial charge < -0.3 is 57.2 Å². The summed E-state index contributed by atoms with van der Waals surface area (Å²) in [4.78, 5) is 130. The molecule has 3 aromatic carbocycles. The number of benzene rings is 3. The molecule has 11 N–H and O–H groups in total. The number of rotatable bonds is 26. The standard InChI is InChI=1S/C51H67N9O16/c61-42(28-57-15-17-58(29-44(64)65)19-21-60(31-46(68)69)22-20-59(18-16-57)30-45(66)67)53-38-26-35-10-11-36(25-37(35)27-38)47(70)54-41(24-32-8-9-33-5-1-2-6-34(33)23-32)48(71)52-14-4-3-7-39(49(72)73)55-51(76)56-40(50(74)75)12-13-43(62)63/h1-2,5-6,8-11,23,25,38-41H,3-4,7,12-22,24,26-31H2,(H,52,71)(H,53,61)(H,54,70)(H,62,63)(H,64,65)(H,66,67)(H,68,69)(H,72,73)(H,74,75)(H2,55,56,76)/t38?,39?,40?,41-/m0/s1. The molecule has 5 amide bonds. The molecule has 25 heteroatoms. The molecule has 1 saturated heterocycles. The molecule has 0 bridgehead atoms. The van der Waals surface area contributed by atoms with Crippen molar-refractivity contribution in [3.05, 3.63) is 82.9 Å². The molecule has 3 unspecified atom stereocenters. The van der Waals surface area contributed by atoms with Crippen molar-refractivity contribution in [2.24, 2.45) is 0 Å². The molecule has 5 rings (SSSR count). The van der Waals surface area contributed by atoms with Crippen molar-refractivity contribution in [2.75, 3.05) is 85.1 Å². The molecular formula is C51H67N9O16. The average molecular weight is 1060 g/mol. The van der Waals surface area contributed by atoms with Crippen LogP contribution in [0.15, 0.2) is 60.7 Å². The van der Waals surface area contributed by atoms with Gasteiger partial charge in [-0.15, -0.1) is 0 Å². The van der Waals surface area contributed by atoms with Crippen molar-refractivity contribution in [2.45, 2.75) is 75.5 Å². The lowest BCUT2D eigenvalue weighted by Gasteiger charge is -2.33. The molecule has 2 aliphatic rings. The first-order valence-corrected chi connectivity index (χ1v) is 25.0. The van der Waals surface area contributed by atoms with Crippen molar-refractivity contribution < 1.29 is 78.6 Å². The van der Waals surface area contributed by atoms with E-state index >= 15 is 0 Å². The van der Waals surface area contributed by atoms with Crippen LogP contribution in [0.3, 0.4) is 0 Å². The lowest BCUT2D eigenvalue weighted by molar-refractivity contribution is -0.141. The predicted octanol–water partition coefficient (Wildman–Crippen LogP) is -0.403. The fourth-order valence-electron chi connectivity index (χ4n) is 9.12. The highest BCUT2D eigenvalue weighted by Crippen LogP contribution is 2.24. The highest BCUT2D eigenvalue weighted by molar-refractivity contribution is 5.98. The van der Waals surface area contributed by atoms with Crippen LogP contribution in [-0.4, -0.2) is 219 Å². The van der Waals surface area contributed by atoms with Crippen LogP contribution in [0.25, 0.3) is 10.8 Å². The Morgan fingerprint density at radius 2 is 1.05 bits per heavy atom. The van der Waals surface area contributed by atoms with E-state index in [1.807, 2.05) is 47.4 Å². The van der Waals surface area contributed by atoms with Gasteiger partial charge >= 0.3 is 41.8 Å². The fraction of sp³-hybridized carbons (Fsp3) is 0.490. The van der Waals surface area contributed by atoms with Crippen LogP contribution in [-0.2, 0) is 57.6 Å². The zero-order valence-corrected chi connectivity index (χ0v) is 42.0. The quantitative estimate of drug-likeness (QED) is 0.0456. The van der Waals surface area contributed by atoms with Crippen LogP contribution in [0.4, 0.5) is 4.79 Å². The Hall–Kier alpha value is -7.74. The van der Waals surface area contributed by atoms with E-state index in [4.69, 9.17) is 5.11 Å². The largest absolute Gasteiger partial charge is 0.481 e. The number of carboxylic acids is 6. The lowest BCUT2D eigenvalue weighted by atomic mass is 10.0. The summed E-state index contributed by atoms with van der Waals surface area (Å²) in [6, 6.07) is 13.0. The molecule has 0 radical (unpaired) electrons. The Balaban J connectivity index is 1.19. The number of hydrogen-bond acceptors (Lipinski definition) is 14. The molecule has 412 valence electrons. The van der Waals surface area contributed by atoms with Crippen molar-refractivity contribution in [3.63, 3.8) is 0 Å². The maximum absolute atomic E-state index is 14.0. The number of fused-ring (bicyclic) bond motifs is 2. The third-order valence-corrected chi connectivity index (χ3v) is 13.1. The number of aliphatic carboxylic acids is 6. The van der Waals surface area contributed by atoms with Crippen LogP contribution in [0, 0.1) is 0 Å². The van der Waals surface area contributed by atoms with Gasteiger partial charge in [0.15, 0.2) is 0 Å². The van der Waals surface area contributed by atoms with E-state index in [9.17, 15) is 73.5 Å². The van der Waals surface area contributed by atoms with E-state index in [1.54, 1.807) is 32.9 Å². The fourth-order valence-corrected chi connectivity index (χ4v) is 9.12. The van der Waals surface area contributed by atoms with Crippen LogP contribution < -0.4 is 26.6 Å². The molecule has 0 spiro atoms. The highest BCUT2D eigenvalue weighted by atomic mass is 16.4. The monoisotopic (exact) mass is 1060 g/mol. The molecular weight excluding hydrogens is 995 g/mol. The van der Waals surface area contributed by atoms with Gasteiger partial charge in [-0.3, -0.25) is 53.2 Å². The molecule has 1 fully saturated rings. The third-order valence-electron chi connectivity index (χ3n) is 13.1. The van der Waals surface area contributed by atoms with Crippen molar-refractivity contribution in [1.29, 1.82) is 0 Å². The number of carbonyl (C=O) groups excluding carboxylic acids is 4. The van der Waals surface area contributed by atoms with Crippen molar-refractivity contribution in [3.8, 4) is 0 Å². The van der Waals surface area contributed by atoms with E-state index in [1.165, 1.54) is 0 Å². The van der Waals surface area contributed by atoms with Crippen LogP contribution in [0.2, 0.25) is 0 Å². The Morgan fingerprint density at radius 3 is 1.59 bits per heavy atom. The van der Waals surface area contributed by atoms with Gasteiger partial charge in [0, 0.05) is 83.3 Å². The molecule has 3 aromatic rings. The summed E-state index contributed by atoms with van der Waals surface area (Å²) in [5.74, 6) is -8.69. The average Bonchev–Trinajstić information content (AvgIpc) is 3.76. The zero-order chi connectivity index (χ0) is 55.3. The second kappa shape index (κ2) is 29.4. The summed E-state index contributed by atoms with van der Waals surface area (Å²) in [5.41, 5.74) is 2.76. The van der Waals surface area contributed by atoms with Crippen LogP contribution >= 0.6 is 0 Å². The molecule has 0 saturated carbocycles. The molecule has 0 aromatic heterocycles. The number of nitrogens with zero attached hydrogens (tertiary/aromatic N) is 4. The SMILES string of the molecule is O=C(O)CCC(NC(=O)NC(CCCCNC(=O)[C@H](Cc1ccc2ccccc2c1)NC(=O)c1ccc2c(c1)CC(NC(=O)CN1CCN(CC(=O)O)CCN(CC(=O)O)CCN(CC(=O)O)CC1)C2)C(=O)O)C(=O)O. The first-order chi connectivity index (χ1) is 36.2. The van der Waals surface area contributed by atoms with Crippen LogP contribution in [0.1, 0.15) is 59.2 Å². The summed E-state index contributed by atoms with van der Waals surface area (Å²) in [5, 5.41) is 71.4. The van der Waals surface area contributed by atoms with Gasteiger partial charge in [-0.2, -0.15) is 0 Å². The highest BCUT2D eigenvalue weighted by Gasteiger charge is 2.29. The second-order valence-corrected chi connectivity index (χ2v) is 19.0. The number of carboxylic acid groups (broad SMARTS) is 6. The number of urea groups is 1. The molecule has 4 atom stereocenters. The number of carbonyl (C=O) groups is 10. The Labute approximate surface area is 437 Å². The third kappa shape index (κ3) is 20.2. The van der Waals surface area contributed by atoms with Gasteiger partial charge in [0.1, 0.15) is 18.1 Å². The zero-order valence-electron chi connectivity index (χ0n) is 42.0. The van der Waals surface area contributed by atoms with Gasteiger partial charge in [-0.05, 0) is 78.1 Å². The van der Waals surface area contributed by atoms with Gasteiger partial charge in [-0.25, -0.2) is 14.4 Å². The lowest BCUT2D eigenvalue weighted by Crippen LogP contribution is -2.51. The van der Waals surface area contributed by atoms with Crippen molar-refractivity contribution in [1.82, 2.24) is 46.2 Å². The van der Waals surface area contributed by atoms with E-state index in [-0.39, 0.29) is 128 Å². The van der Waals surface area contributed by atoms with E-state index < -0.39 is 84.6 Å². The van der Waals surface area contributed by atoms with E-state index in [0.29, 0.717) is 12.8 Å². The first-order valence-electron chi connectivity index (χ1n) is 25.0. The maximum atomic E-state index is 14.0. The number of hydrogen-bond donors (Lipinski definition) is 11. The summed E-state index contributed by atoms with van der Waals surface area (Å²) in [6.45, 7) is 1.13. The topological polar surface area (TPSA) is 365 Å². The van der Waals surface area contributed by atoms with Gasteiger partial charge in [0.2, 0.25) is 11.8 Å². The smallest absolute Gasteiger partial charge is 0.326 e. The Bertz CT molecular complexity index is 2550. The molecule has 1 aliphatic carbocycles. The van der Waals surface area contributed by atoms with Crippen LogP contribution in [0.5, 0.6) is 0 Å². The Kier molecular flexibility index (Phi) is 22.9. The van der Waals surface area contributed by atoms with E-state index in [2.05, 4.69) is 26.6 Å². The predicted molar refractivity (Wildman–Crippen MR) is 272 cm³/mol. The van der Waals surface area contributed by atoms with Gasteiger partial charge in [-0.1, -0.05) is 48.5 Å². The molecule has 76 heavy (non-hydrogen) atoms. The molecule has 1 aliphatic heterocycles. The van der Waals surface area contributed by atoms with Crippen molar-refractivity contribution >= 4 is 70.3 Å². The summed E-state index contributed by atoms with van der Waals surface area (Å²) in [7, 11) is 0. The first kappa shape index (κ1) is 59.1. The minimum absolute atomic E-state index is 0.0672. The second-order valence-electron chi connectivity index (χ2n) is 19.0. The number of nitrogens with one attached hydrogen (secondary N) is 5. The summed E-state index contributed by atoms with van der Waals surface area (Å²) in [6.07, 6.45) is 0.401. The number of amides is 5. The summed E-state index contributed by atoms with van der Waals surface area (Å²) >= 11 is 0. The van der Waals surface area contributed by atoms with E-state index in [0.717, 1.165) is 27.5 Å². The normalized spacial score (nSPS) is 17.1. The maximum Gasteiger partial charge on any atom is 0.326 e. The molecule has 1 heterocycles. The van der Waals surface area contributed by atoms with Gasteiger partial charge in [0.25, 0.3) is 5.91 Å². The Morgan fingerprint density at radius 1 is 0.526 bits per heavy atom. The number of unbranched alkanes of at least 4 members (excludes halogenated alkanes) is 1. The minimum Gasteiger partial charge on any atom is -0.481 e. The summed E-state index contributed by atoms with van der Waals surface area (Å²) < 4.78 is 0. The minimum atomic E-state index is -1.56. The van der Waals surface area contributed by atoms with Gasteiger partial charge in [0.05, 0.1) is 26.2 Å². The molecule has 25 nitrogen and oxygen atoms in total.